The van der Waals surface area contributed by atoms with Crippen LogP contribution in [0.2, 0.25) is 5.02 Å². The molecule has 24 heavy (non-hydrogen) atoms. The van der Waals surface area contributed by atoms with Crippen molar-refractivity contribution in [1.82, 2.24) is 14.9 Å². The lowest BCUT2D eigenvalue weighted by Crippen LogP contribution is -2.30. The molecule has 0 saturated carbocycles. The highest BCUT2D eigenvalue weighted by Gasteiger charge is 2.06. The summed E-state index contributed by atoms with van der Waals surface area (Å²) in [6, 6.07) is 14.2. The van der Waals surface area contributed by atoms with Gasteiger partial charge in [-0.05, 0) is 36.8 Å². The van der Waals surface area contributed by atoms with Crippen LogP contribution in [0.15, 0.2) is 53.3 Å². The smallest absolute Gasteiger partial charge is 0.326 e. The minimum atomic E-state index is -0.302. The lowest BCUT2D eigenvalue weighted by Gasteiger charge is -2.08. The summed E-state index contributed by atoms with van der Waals surface area (Å²) in [6.45, 7) is 0.985. The van der Waals surface area contributed by atoms with E-state index in [0.717, 1.165) is 11.0 Å². The average molecular weight is 345 g/mol. The van der Waals surface area contributed by atoms with Crippen LogP contribution in [0.5, 0.6) is 0 Å². The maximum atomic E-state index is 11.9. The van der Waals surface area contributed by atoms with E-state index >= 15 is 0 Å². The first kappa shape index (κ1) is 16.1. The number of imidazole rings is 1. The van der Waals surface area contributed by atoms with Crippen molar-refractivity contribution >= 4 is 34.4 Å². The van der Waals surface area contributed by atoms with E-state index in [0.29, 0.717) is 30.2 Å². The minimum absolute atomic E-state index is 0.139. The third-order valence-corrected chi connectivity index (χ3v) is 3.84. The Morgan fingerprint density at radius 1 is 1.17 bits per heavy atom. The van der Waals surface area contributed by atoms with E-state index in [9.17, 15) is 9.59 Å². The van der Waals surface area contributed by atoms with E-state index in [1.54, 1.807) is 28.8 Å². The summed E-state index contributed by atoms with van der Waals surface area (Å²) in [5.41, 5.74) is 2.17. The molecule has 2 amide bonds. The molecule has 2 aromatic carbocycles. The molecule has 0 radical (unpaired) electrons. The van der Waals surface area contributed by atoms with Gasteiger partial charge < -0.3 is 15.6 Å². The van der Waals surface area contributed by atoms with Crippen molar-refractivity contribution in [3.8, 4) is 0 Å². The number of benzene rings is 2. The van der Waals surface area contributed by atoms with E-state index in [-0.39, 0.29) is 11.7 Å². The fourth-order valence-corrected chi connectivity index (χ4v) is 2.70. The Morgan fingerprint density at radius 2 is 2.00 bits per heavy atom. The van der Waals surface area contributed by atoms with Gasteiger partial charge in [-0.2, -0.15) is 0 Å². The Morgan fingerprint density at radius 3 is 2.83 bits per heavy atom. The number of H-pyrrole nitrogens is 1. The first-order valence-corrected chi connectivity index (χ1v) is 7.99. The number of carbonyl (C=O) groups excluding carboxylic acids is 1. The van der Waals surface area contributed by atoms with Crippen LogP contribution in [0, 0.1) is 0 Å². The number of hydrogen-bond donors (Lipinski definition) is 3. The number of urea groups is 1. The van der Waals surface area contributed by atoms with Crippen molar-refractivity contribution in [2.45, 2.75) is 13.0 Å². The van der Waals surface area contributed by atoms with E-state index < -0.39 is 0 Å². The zero-order valence-electron chi connectivity index (χ0n) is 12.9. The summed E-state index contributed by atoms with van der Waals surface area (Å²) in [6.07, 6.45) is 0.644. The molecule has 3 rings (SSSR count). The van der Waals surface area contributed by atoms with E-state index in [1.165, 1.54) is 0 Å². The van der Waals surface area contributed by atoms with Gasteiger partial charge in [-0.25, -0.2) is 9.59 Å². The van der Waals surface area contributed by atoms with Crippen LogP contribution in [0.4, 0.5) is 10.5 Å². The molecule has 124 valence electrons. The monoisotopic (exact) mass is 344 g/mol. The van der Waals surface area contributed by atoms with Crippen LogP contribution in [0.1, 0.15) is 6.42 Å². The molecule has 0 bridgehead atoms. The van der Waals surface area contributed by atoms with Gasteiger partial charge in [-0.1, -0.05) is 29.8 Å². The summed E-state index contributed by atoms with van der Waals surface area (Å²) < 4.78 is 1.67. The van der Waals surface area contributed by atoms with Crippen molar-refractivity contribution < 1.29 is 4.79 Å². The average Bonchev–Trinajstić information content (AvgIpc) is 2.87. The molecule has 7 heteroatoms. The van der Waals surface area contributed by atoms with Gasteiger partial charge in [-0.3, -0.25) is 4.57 Å². The molecule has 6 nitrogen and oxygen atoms in total. The number of amides is 2. The number of rotatable bonds is 5. The number of aromatic nitrogens is 2. The van der Waals surface area contributed by atoms with Gasteiger partial charge in [0.05, 0.1) is 11.0 Å². The number of hydrogen-bond acceptors (Lipinski definition) is 2. The molecular weight excluding hydrogens is 328 g/mol. The SMILES string of the molecule is O=C(NCCCn1c(=O)[nH]c2ccccc21)Nc1cccc(Cl)c1. The maximum absolute atomic E-state index is 11.9. The highest BCUT2D eigenvalue weighted by atomic mass is 35.5. The first-order valence-electron chi connectivity index (χ1n) is 7.61. The van der Waals surface area contributed by atoms with Crippen molar-refractivity contribution in [3.63, 3.8) is 0 Å². The van der Waals surface area contributed by atoms with Crippen LogP contribution >= 0.6 is 11.6 Å². The number of carbonyl (C=O) groups is 1. The van der Waals surface area contributed by atoms with Gasteiger partial charge in [0.2, 0.25) is 0 Å². The predicted molar refractivity (Wildman–Crippen MR) is 95.6 cm³/mol. The van der Waals surface area contributed by atoms with E-state index in [1.807, 2.05) is 24.3 Å². The number of anilines is 1. The molecule has 0 aliphatic heterocycles. The molecule has 0 fully saturated rings. The molecule has 3 aromatic rings. The molecule has 0 unspecified atom stereocenters. The molecule has 3 N–H and O–H groups in total. The lowest BCUT2D eigenvalue weighted by molar-refractivity contribution is 0.252. The Bertz CT molecular complexity index is 916. The fourth-order valence-electron chi connectivity index (χ4n) is 2.51. The van der Waals surface area contributed by atoms with E-state index in [2.05, 4.69) is 15.6 Å². The molecule has 0 atom stereocenters. The van der Waals surface area contributed by atoms with Crippen molar-refractivity contribution in [2.75, 3.05) is 11.9 Å². The molecule has 0 spiro atoms. The zero-order chi connectivity index (χ0) is 16.9. The number of para-hydroxylation sites is 2. The molecule has 1 heterocycles. The lowest BCUT2D eigenvalue weighted by atomic mass is 10.3. The van der Waals surface area contributed by atoms with Gasteiger partial charge in [0.25, 0.3) is 0 Å². The van der Waals surface area contributed by atoms with Crippen LogP contribution in [-0.4, -0.2) is 22.1 Å². The number of nitrogens with one attached hydrogen (secondary N) is 3. The largest absolute Gasteiger partial charge is 0.338 e. The topological polar surface area (TPSA) is 78.9 Å². The standard InChI is InChI=1S/C17H17ClN4O2/c18-12-5-3-6-13(11-12)20-16(23)19-9-4-10-22-15-8-2-1-7-14(15)21-17(22)24/h1-3,5-8,11H,4,9-10H2,(H,21,24)(H2,19,20,23). The Balaban J connectivity index is 1.50. The summed E-state index contributed by atoms with van der Waals surface area (Å²) in [5.74, 6) is 0. The van der Waals surface area contributed by atoms with Gasteiger partial charge in [0.1, 0.15) is 0 Å². The van der Waals surface area contributed by atoms with Crippen molar-refractivity contribution in [2.24, 2.45) is 0 Å². The predicted octanol–water partition coefficient (Wildman–Crippen LogP) is 3.19. The third-order valence-electron chi connectivity index (χ3n) is 3.61. The van der Waals surface area contributed by atoms with Gasteiger partial charge in [0, 0.05) is 23.8 Å². The highest BCUT2D eigenvalue weighted by molar-refractivity contribution is 6.30. The second kappa shape index (κ2) is 7.23. The Hall–Kier alpha value is -2.73. The van der Waals surface area contributed by atoms with Gasteiger partial charge in [-0.15, -0.1) is 0 Å². The molecule has 0 aliphatic rings. The summed E-state index contributed by atoms with van der Waals surface area (Å²) in [7, 11) is 0. The summed E-state index contributed by atoms with van der Waals surface area (Å²) in [4.78, 5) is 26.6. The number of halogens is 1. The van der Waals surface area contributed by atoms with Crippen molar-refractivity contribution in [3.05, 3.63) is 64.0 Å². The second-order valence-corrected chi connectivity index (χ2v) is 5.78. The Kier molecular flexibility index (Phi) is 4.86. The summed E-state index contributed by atoms with van der Waals surface area (Å²) in [5, 5.41) is 6.03. The van der Waals surface area contributed by atoms with Crippen LogP contribution in [-0.2, 0) is 6.54 Å². The first-order chi connectivity index (χ1) is 11.6. The molecule has 0 aliphatic carbocycles. The van der Waals surface area contributed by atoms with Gasteiger partial charge in [0.15, 0.2) is 0 Å². The maximum Gasteiger partial charge on any atom is 0.326 e. The number of aromatic amines is 1. The Labute approximate surface area is 143 Å². The van der Waals surface area contributed by atoms with Crippen LogP contribution in [0.3, 0.4) is 0 Å². The quantitative estimate of drug-likeness (QED) is 0.621. The molecular formula is C17H17ClN4O2. The minimum Gasteiger partial charge on any atom is -0.338 e. The van der Waals surface area contributed by atoms with E-state index in [4.69, 9.17) is 11.6 Å². The zero-order valence-corrected chi connectivity index (χ0v) is 13.6. The third kappa shape index (κ3) is 3.78. The van der Waals surface area contributed by atoms with Crippen LogP contribution in [0.25, 0.3) is 11.0 Å². The highest BCUT2D eigenvalue weighted by Crippen LogP contribution is 2.14. The summed E-state index contributed by atoms with van der Waals surface area (Å²) >= 11 is 5.87. The normalized spacial score (nSPS) is 10.7. The van der Waals surface area contributed by atoms with Crippen LogP contribution < -0.4 is 16.3 Å². The molecule has 0 saturated heterocycles. The molecule has 1 aromatic heterocycles. The van der Waals surface area contributed by atoms with Crippen molar-refractivity contribution in [1.29, 1.82) is 0 Å². The number of nitrogens with zero attached hydrogens (tertiary/aromatic N) is 1. The second-order valence-electron chi connectivity index (χ2n) is 5.34. The number of aryl methyl sites for hydroxylation is 1. The van der Waals surface area contributed by atoms with Gasteiger partial charge >= 0.3 is 11.7 Å². The number of fused-ring (bicyclic) bond motifs is 1. The fraction of sp³-hybridized carbons (Fsp3) is 0.176.